The van der Waals surface area contributed by atoms with Crippen LogP contribution in [0.1, 0.15) is 18.2 Å². The quantitative estimate of drug-likeness (QED) is 0.724. The molecule has 2 amide bonds. The third-order valence-corrected chi connectivity index (χ3v) is 5.84. The molecule has 0 aliphatic carbocycles. The molecule has 1 fully saturated rings. The van der Waals surface area contributed by atoms with Gasteiger partial charge in [0.15, 0.2) is 0 Å². The van der Waals surface area contributed by atoms with Gasteiger partial charge in [-0.1, -0.05) is 36.9 Å². The number of carbonyl (C=O) groups is 2. The van der Waals surface area contributed by atoms with Gasteiger partial charge >= 0.3 is 0 Å². The van der Waals surface area contributed by atoms with E-state index in [0.717, 1.165) is 15.3 Å². The first-order valence-electron chi connectivity index (χ1n) is 9.24. The van der Waals surface area contributed by atoms with Crippen LogP contribution in [0, 0.1) is 0 Å². The Morgan fingerprint density at radius 1 is 1.39 bits per heavy atom. The zero-order chi connectivity index (χ0) is 20.1. The maximum Gasteiger partial charge on any atom is 0.268 e. The molecule has 2 N–H and O–H groups in total. The first-order chi connectivity index (χ1) is 13.5. The van der Waals surface area contributed by atoms with Crippen molar-refractivity contribution in [2.75, 3.05) is 18.0 Å². The van der Waals surface area contributed by atoms with E-state index in [2.05, 4.69) is 11.9 Å². The zero-order valence-electron chi connectivity index (χ0n) is 15.9. The van der Waals surface area contributed by atoms with Gasteiger partial charge < -0.3 is 15.3 Å². The topological polar surface area (TPSA) is 69.6 Å². The number of hydrogen-bond donors (Lipinski definition) is 2. The summed E-state index contributed by atoms with van der Waals surface area (Å²) in [5, 5.41) is 17.4. The number of carbonyl (C=O) groups excluding carboxylic acids is 2. The minimum absolute atomic E-state index is 0.0683. The summed E-state index contributed by atoms with van der Waals surface area (Å²) in [6, 6.07) is 9.55. The molecule has 1 aliphatic heterocycles. The van der Waals surface area contributed by atoms with Gasteiger partial charge in [-0.25, -0.2) is 0 Å². The number of thiophene rings is 1. The summed E-state index contributed by atoms with van der Waals surface area (Å²) >= 11 is 1.61. The normalized spacial score (nSPS) is 20.6. The maximum atomic E-state index is 12.9. The highest BCUT2D eigenvalue weighted by Gasteiger charge is 2.51. The fraction of sp³-hybridized carbons (Fsp3) is 0.273. The van der Waals surface area contributed by atoms with Crippen LogP contribution in [0.3, 0.4) is 0 Å². The second-order valence-corrected chi connectivity index (χ2v) is 7.69. The lowest BCUT2D eigenvalue weighted by Gasteiger charge is -2.22. The number of aliphatic hydroxyl groups is 1. The molecule has 1 atom stereocenters. The van der Waals surface area contributed by atoms with Gasteiger partial charge in [0.2, 0.25) is 5.60 Å². The van der Waals surface area contributed by atoms with Crippen molar-refractivity contribution >= 4 is 41.0 Å². The molecule has 5 nitrogen and oxygen atoms in total. The summed E-state index contributed by atoms with van der Waals surface area (Å²) in [5.74, 6) is -1.22. The number of nitrogens with one attached hydrogen (secondary N) is 1. The van der Waals surface area contributed by atoms with Crippen molar-refractivity contribution in [2.24, 2.45) is 0 Å². The van der Waals surface area contributed by atoms with Crippen LogP contribution < -0.4 is 20.7 Å². The number of amides is 2. The lowest BCUT2D eigenvalue weighted by atomic mass is 10.0. The van der Waals surface area contributed by atoms with Gasteiger partial charge in [0.25, 0.3) is 11.8 Å². The second-order valence-electron chi connectivity index (χ2n) is 6.66. The molecule has 1 aliphatic rings. The fourth-order valence-corrected chi connectivity index (χ4v) is 4.04. The van der Waals surface area contributed by atoms with Crippen LogP contribution in [0.2, 0.25) is 0 Å². The van der Waals surface area contributed by atoms with Crippen LogP contribution in [0.25, 0.3) is 12.2 Å². The van der Waals surface area contributed by atoms with E-state index >= 15 is 0 Å². The number of allylic oxidation sites excluding steroid dienone is 1. The Morgan fingerprint density at radius 2 is 2.21 bits per heavy atom. The molecule has 0 radical (unpaired) electrons. The highest BCUT2D eigenvalue weighted by Crippen LogP contribution is 2.27. The molecule has 2 heterocycles. The third-order valence-electron chi connectivity index (χ3n) is 4.90. The Hall–Kier alpha value is -2.70. The van der Waals surface area contributed by atoms with Crippen LogP contribution in [-0.2, 0) is 16.0 Å². The number of benzene rings is 1. The largest absolute Gasteiger partial charge is 0.372 e. The van der Waals surface area contributed by atoms with Gasteiger partial charge in [0.05, 0.1) is 0 Å². The Bertz CT molecular complexity index is 997. The van der Waals surface area contributed by atoms with E-state index in [1.165, 1.54) is 4.90 Å². The van der Waals surface area contributed by atoms with E-state index < -0.39 is 17.4 Å². The molecule has 1 unspecified atom stereocenters. The van der Waals surface area contributed by atoms with E-state index in [9.17, 15) is 14.7 Å². The monoisotopic (exact) mass is 396 g/mol. The lowest BCUT2D eigenvalue weighted by molar-refractivity contribution is -0.149. The van der Waals surface area contributed by atoms with E-state index in [-0.39, 0.29) is 13.0 Å². The molecule has 0 spiro atoms. The van der Waals surface area contributed by atoms with Crippen molar-refractivity contribution in [3.05, 3.63) is 63.7 Å². The Kier molecular flexibility index (Phi) is 6.11. The maximum absolute atomic E-state index is 12.9. The van der Waals surface area contributed by atoms with Gasteiger partial charge in [-0.05, 0) is 47.4 Å². The number of anilines is 1. The van der Waals surface area contributed by atoms with E-state index in [1.807, 2.05) is 54.8 Å². The van der Waals surface area contributed by atoms with Crippen LogP contribution in [0.4, 0.5) is 5.69 Å². The summed E-state index contributed by atoms with van der Waals surface area (Å²) in [4.78, 5) is 28.0. The molecule has 1 aromatic carbocycles. The molecule has 1 aromatic heterocycles. The van der Waals surface area contributed by atoms with Crippen molar-refractivity contribution in [2.45, 2.75) is 25.4 Å². The van der Waals surface area contributed by atoms with Gasteiger partial charge in [-0.2, -0.15) is 0 Å². The average molecular weight is 397 g/mol. The van der Waals surface area contributed by atoms with Crippen molar-refractivity contribution in [3.63, 3.8) is 0 Å². The van der Waals surface area contributed by atoms with Crippen molar-refractivity contribution in [1.29, 1.82) is 0 Å². The number of nitrogens with zero attached hydrogens (tertiary/aromatic N) is 1. The Balaban J connectivity index is 1.74. The molecule has 1 saturated heterocycles. The van der Waals surface area contributed by atoms with Crippen LogP contribution in [0.5, 0.6) is 0 Å². The predicted octanol–water partition coefficient (Wildman–Crippen LogP) is 1.34. The smallest absolute Gasteiger partial charge is 0.268 e. The van der Waals surface area contributed by atoms with Gasteiger partial charge in [0, 0.05) is 30.1 Å². The summed E-state index contributed by atoms with van der Waals surface area (Å²) in [5.41, 5.74) is -1.36. The number of hydrogen-bond acceptors (Lipinski definition) is 4. The third kappa shape index (κ3) is 3.93. The summed E-state index contributed by atoms with van der Waals surface area (Å²) in [6.07, 6.45) is 6.27. The van der Waals surface area contributed by atoms with Crippen LogP contribution in [-0.4, -0.2) is 35.6 Å². The van der Waals surface area contributed by atoms with E-state index in [4.69, 9.17) is 0 Å². The molecule has 146 valence electrons. The lowest BCUT2D eigenvalue weighted by Crippen LogP contribution is -2.53. The first-order valence-corrected chi connectivity index (χ1v) is 10.1. The van der Waals surface area contributed by atoms with Crippen LogP contribution in [0.15, 0.2) is 48.4 Å². The summed E-state index contributed by atoms with van der Waals surface area (Å²) < 4.78 is 0. The molecular weight excluding hydrogens is 372 g/mol. The van der Waals surface area contributed by atoms with Crippen molar-refractivity contribution in [1.82, 2.24) is 5.32 Å². The zero-order valence-corrected chi connectivity index (χ0v) is 16.7. The summed E-state index contributed by atoms with van der Waals surface area (Å²) in [7, 11) is 0. The van der Waals surface area contributed by atoms with E-state index in [0.29, 0.717) is 18.7 Å². The Labute approximate surface area is 168 Å². The highest BCUT2D eigenvalue weighted by atomic mass is 32.1. The van der Waals surface area contributed by atoms with Crippen LogP contribution >= 0.6 is 11.3 Å². The highest BCUT2D eigenvalue weighted by molar-refractivity contribution is 7.09. The molecule has 2 aromatic rings. The van der Waals surface area contributed by atoms with Gasteiger partial charge in [-0.3, -0.25) is 9.59 Å². The van der Waals surface area contributed by atoms with Gasteiger partial charge in [-0.15, -0.1) is 11.3 Å². The molecule has 3 rings (SSSR count). The standard InChI is InChI=1S/C22H24N2O3S/c1-3-6-17-15-18(9-8-16(17)4-2)24-13-11-22(27,21(24)26)20(25)23-12-10-19-7-5-14-28-19/h3-9,14-15,27H,1,10-13H2,2H3,(H,23,25)/b16-4-,17-6-. The second kappa shape index (κ2) is 8.54. The molecular formula is C22H24N2O3S. The summed E-state index contributed by atoms with van der Waals surface area (Å²) in [6.45, 7) is 6.34. The van der Waals surface area contributed by atoms with Crippen molar-refractivity contribution in [3.8, 4) is 0 Å². The first kappa shape index (κ1) is 20.0. The number of rotatable bonds is 6. The molecule has 0 saturated carbocycles. The molecule has 0 bridgehead atoms. The minimum atomic E-state index is -2.02. The minimum Gasteiger partial charge on any atom is -0.372 e. The van der Waals surface area contributed by atoms with Gasteiger partial charge in [0.1, 0.15) is 0 Å². The fourth-order valence-electron chi connectivity index (χ4n) is 3.33. The Morgan fingerprint density at radius 3 is 2.89 bits per heavy atom. The predicted molar refractivity (Wildman–Crippen MR) is 113 cm³/mol. The van der Waals surface area contributed by atoms with E-state index in [1.54, 1.807) is 17.4 Å². The average Bonchev–Trinajstić information content (AvgIpc) is 3.31. The van der Waals surface area contributed by atoms with Crippen molar-refractivity contribution < 1.29 is 14.7 Å². The molecule has 28 heavy (non-hydrogen) atoms. The SMILES string of the molecule is C=C/C=c1/cc(N2CCC(O)(C(=O)NCCc3cccs3)C2=O)cc/c1=C/C. The molecule has 6 heteroatoms.